The van der Waals surface area contributed by atoms with E-state index in [9.17, 15) is 0 Å². The molecule has 0 fully saturated rings. The first-order valence-corrected chi connectivity index (χ1v) is 5.87. The van der Waals surface area contributed by atoms with Crippen LogP contribution in [0.2, 0.25) is 0 Å². The van der Waals surface area contributed by atoms with E-state index in [-0.39, 0.29) is 0 Å². The molecule has 0 aromatic carbocycles. The molecule has 4 heteroatoms. The zero-order valence-electron chi connectivity index (χ0n) is 9.85. The number of hydrogen-bond acceptors (Lipinski definition) is 3. The van der Waals surface area contributed by atoms with Crippen molar-refractivity contribution in [3.8, 4) is 0 Å². The fraction of sp³-hybridized carbons (Fsp3) is 0.500. The summed E-state index contributed by atoms with van der Waals surface area (Å²) < 4.78 is 1.88. The van der Waals surface area contributed by atoms with Crippen LogP contribution in [-0.2, 0) is 0 Å². The lowest BCUT2D eigenvalue weighted by atomic mass is 10.0. The highest BCUT2D eigenvalue weighted by Gasteiger charge is 2.14. The maximum Gasteiger partial charge on any atom is 0.0892 e. The molecule has 2 rings (SSSR count). The molecule has 16 heavy (non-hydrogen) atoms. The molecule has 0 bridgehead atoms. The summed E-state index contributed by atoms with van der Waals surface area (Å²) in [7, 11) is 0. The van der Waals surface area contributed by atoms with Gasteiger partial charge in [-0.15, -0.1) is 0 Å². The van der Waals surface area contributed by atoms with Crippen LogP contribution in [-0.4, -0.2) is 21.1 Å². The van der Waals surface area contributed by atoms with E-state index in [1.54, 1.807) is 6.20 Å². The van der Waals surface area contributed by atoms with Crippen LogP contribution in [0.15, 0.2) is 24.8 Å². The average molecular weight is 218 g/mol. The Morgan fingerprint density at radius 2 is 2.25 bits per heavy atom. The molecule has 86 valence electrons. The minimum absolute atomic E-state index is 0.386. The van der Waals surface area contributed by atoms with Crippen LogP contribution < -0.4 is 5.32 Å². The van der Waals surface area contributed by atoms with Crippen LogP contribution in [0.5, 0.6) is 0 Å². The van der Waals surface area contributed by atoms with Crippen molar-refractivity contribution in [3.63, 3.8) is 0 Å². The second-order valence-electron chi connectivity index (χ2n) is 3.90. The van der Waals surface area contributed by atoms with E-state index in [2.05, 4.69) is 29.2 Å². The van der Waals surface area contributed by atoms with Gasteiger partial charge >= 0.3 is 0 Å². The third kappa shape index (κ3) is 2.07. The molecular weight excluding hydrogens is 200 g/mol. The van der Waals surface area contributed by atoms with Gasteiger partial charge in [0.05, 0.1) is 17.9 Å². The van der Waals surface area contributed by atoms with Crippen LogP contribution in [0.25, 0.3) is 5.52 Å². The van der Waals surface area contributed by atoms with Crippen LogP contribution in [0.1, 0.15) is 38.3 Å². The number of hydrogen-bond donors (Lipinski definition) is 1. The van der Waals surface area contributed by atoms with E-state index in [0.717, 1.165) is 24.9 Å². The van der Waals surface area contributed by atoms with Gasteiger partial charge in [0.15, 0.2) is 0 Å². The topological polar surface area (TPSA) is 42.2 Å². The highest BCUT2D eigenvalue weighted by atomic mass is 15.2. The van der Waals surface area contributed by atoms with E-state index >= 15 is 0 Å². The van der Waals surface area contributed by atoms with Crippen LogP contribution in [0.3, 0.4) is 0 Å². The molecule has 0 aliphatic carbocycles. The van der Waals surface area contributed by atoms with Gasteiger partial charge in [-0.25, -0.2) is 4.52 Å². The molecule has 0 amide bonds. The molecule has 2 heterocycles. The monoisotopic (exact) mass is 218 g/mol. The van der Waals surface area contributed by atoms with Crippen LogP contribution in [0.4, 0.5) is 0 Å². The van der Waals surface area contributed by atoms with Crippen molar-refractivity contribution in [1.29, 1.82) is 0 Å². The normalized spacial score (nSPS) is 13.1. The Kier molecular flexibility index (Phi) is 3.51. The molecule has 0 saturated carbocycles. The maximum absolute atomic E-state index is 4.34. The molecule has 0 aliphatic heterocycles. The van der Waals surface area contributed by atoms with E-state index in [1.807, 2.05) is 23.1 Å². The molecule has 1 atom stereocenters. The van der Waals surface area contributed by atoms with Crippen LogP contribution >= 0.6 is 0 Å². The Morgan fingerprint density at radius 1 is 1.38 bits per heavy atom. The third-order valence-corrected chi connectivity index (χ3v) is 2.76. The number of aromatic nitrogens is 3. The van der Waals surface area contributed by atoms with Crippen molar-refractivity contribution in [3.05, 3.63) is 30.4 Å². The van der Waals surface area contributed by atoms with E-state index in [1.165, 1.54) is 5.56 Å². The quantitative estimate of drug-likeness (QED) is 0.836. The fourth-order valence-corrected chi connectivity index (χ4v) is 2.02. The number of nitrogens with one attached hydrogen (secondary N) is 1. The predicted octanol–water partition coefficient (Wildman–Crippen LogP) is 2.18. The molecule has 1 unspecified atom stereocenters. The minimum atomic E-state index is 0.386. The van der Waals surface area contributed by atoms with Gasteiger partial charge in [-0.2, -0.15) is 5.10 Å². The summed E-state index contributed by atoms with van der Waals surface area (Å²) in [4.78, 5) is 4.16. The van der Waals surface area contributed by atoms with Gasteiger partial charge in [-0.3, -0.25) is 4.98 Å². The Labute approximate surface area is 95.7 Å². The smallest absolute Gasteiger partial charge is 0.0892 e. The first-order chi connectivity index (χ1) is 7.86. The van der Waals surface area contributed by atoms with Gasteiger partial charge < -0.3 is 5.32 Å². The summed E-state index contributed by atoms with van der Waals surface area (Å²) in [5, 5.41) is 7.84. The summed E-state index contributed by atoms with van der Waals surface area (Å²) in [6.45, 7) is 5.31. The summed E-state index contributed by atoms with van der Waals surface area (Å²) in [6.07, 6.45) is 9.75. The van der Waals surface area contributed by atoms with Crippen molar-refractivity contribution >= 4 is 5.52 Å². The Balaban J connectivity index is 2.36. The summed E-state index contributed by atoms with van der Waals surface area (Å²) in [5.41, 5.74) is 2.35. The SMILES string of the molecule is CCCC(NCC)c1cnn2ccncc12. The molecule has 1 N–H and O–H groups in total. The summed E-state index contributed by atoms with van der Waals surface area (Å²) >= 11 is 0. The molecule has 0 radical (unpaired) electrons. The highest BCUT2D eigenvalue weighted by Crippen LogP contribution is 2.22. The lowest BCUT2D eigenvalue weighted by Crippen LogP contribution is -2.20. The summed E-state index contributed by atoms with van der Waals surface area (Å²) in [5.74, 6) is 0. The van der Waals surface area contributed by atoms with Gasteiger partial charge in [0, 0.05) is 24.0 Å². The van der Waals surface area contributed by atoms with Gasteiger partial charge in [-0.05, 0) is 13.0 Å². The maximum atomic E-state index is 4.34. The molecule has 4 nitrogen and oxygen atoms in total. The van der Waals surface area contributed by atoms with Crippen molar-refractivity contribution in [2.75, 3.05) is 6.54 Å². The minimum Gasteiger partial charge on any atom is -0.310 e. The summed E-state index contributed by atoms with van der Waals surface area (Å²) in [6, 6.07) is 0.386. The average Bonchev–Trinajstić information content (AvgIpc) is 2.72. The predicted molar refractivity (Wildman–Crippen MR) is 64.3 cm³/mol. The zero-order valence-corrected chi connectivity index (χ0v) is 9.85. The molecule has 0 spiro atoms. The third-order valence-electron chi connectivity index (χ3n) is 2.76. The van der Waals surface area contributed by atoms with Gasteiger partial charge in [0.1, 0.15) is 0 Å². The number of nitrogens with zero attached hydrogens (tertiary/aromatic N) is 3. The second kappa shape index (κ2) is 5.07. The van der Waals surface area contributed by atoms with Crippen molar-refractivity contribution < 1.29 is 0 Å². The lowest BCUT2D eigenvalue weighted by Gasteiger charge is -2.15. The largest absolute Gasteiger partial charge is 0.310 e. The second-order valence-corrected chi connectivity index (χ2v) is 3.90. The Morgan fingerprint density at radius 3 is 3.00 bits per heavy atom. The first kappa shape index (κ1) is 11.1. The van der Waals surface area contributed by atoms with Crippen molar-refractivity contribution in [2.24, 2.45) is 0 Å². The molecule has 2 aromatic rings. The van der Waals surface area contributed by atoms with E-state index < -0.39 is 0 Å². The van der Waals surface area contributed by atoms with Crippen molar-refractivity contribution in [1.82, 2.24) is 19.9 Å². The molecule has 0 saturated heterocycles. The van der Waals surface area contributed by atoms with Crippen LogP contribution in [0, 0.1) is 0 Å². The zero-order chi connectivity index (χ0) is 11.4. The Bertz CT molecular complexity index is 443. The van der Waals surface area contributed by atoms with Gasteiger partial charge in [0.25, 0.3) is 0 Å². The number of fused-ring (bicyclic) bond motifs is 1. The molecular formula is C12H18N4. The van der Waals surface area contributed by atoms with E-state index in [0.29, 0.717) is 6.04 Å². The standard InChI is InChI=1S/C12H18N4/c1-3-5-11(14-4-2)10-8-15-16-7-6-13-9-12(10)16/h6-9,11,14H,3-5H2,1-2H3. The highest BCUT2D eigenvalue weighted by molar-refractivity contribution is 5.53. The molecule has 0 aliphatic rings. The van der Waals surface area contributed by atoms with E-state index in [4.69, 9.17) is 0 Å². The first-order valence-electron chi connectivity index (χ1n) is 5.87. The van der Waals surface area contributed by atoms with Gasteiger partial charge in [-0.1, -0.05) is 20.3 Å². The lowest BCUT2D eigenvalue weighted by molar-refractivity contribution is 0.512. The fourth-order valence-electron chi connectivity index (χ4n) is 2.02. The molecule has 2 aromatic heterocycles. The number of rotatable bonds is 5. The Hall–Kier alpha value is -1.42. The van der Waals surface area contributed by atoms with Crippen molar-refractivity contribution in [2.45, 2.75) is 32.7 Å². The van der Waals surface area contributed by atoms with Gasteiger partial charge in [0.2, 0.25) is 0 Å².